The lowest BCUT2D eigenvalue weighted by Crippen LogP contribution is -2.18. The van der Waals surface area contributed by atoms with Crippen LogP contribution in [-0.2, 0) is 30.2 Å². The molecule has 0 aliphatic rings. The number of nitrogens with two attached hydrogens (primary N) is 2. The Morgan fingerprint density at radius 1 is 0.606 bits per heavy atom. The van der Waals surface area contributed by atoms with Crippen molar-refractivity contribution in [2.75, 3.05) is 17.7 Å². The van der Waals surface area contributed by atoms with Gasteiger partial charge in [0.1, 0.15) is 29.1 Å². The lowest BCUT2D eigenvalue weighted by atomic mass is 9.96. The van der Waals surface area contributed by atoms with Crippen LogP contribution in [0.1, 0.15) is 77.2 Å². The number of carbonyl (C=O) groups is 2. The molecule has 8 aromatic rings. The maximum Gasteiger partial charge on any atom is 0.435 e. The molecular weight excluding hydrogens is 960 g/mol. The van der Waals surface area contributed by atoms with E-state index in [0.29, 0.717) is 39.9 Å². The Bertz CT molecular complexity index is 3270. The van der Waals surface area contributed by atoms with E-state index in [1.54, 1.807) is 66.7 Å². The number of methoxy groups -OCH3 is 1. The van der Waals surface area contributed by atoms with Gasteiger partial charge in [0.2, 0.25) is 0 Å². The highest BCUT2D eigenvalue weighted by Crippen LogP contribution is 2.38. The molecule has 2 heterocycles. The maximum atomic E-state index is 15.8. The molecule has 20 heteroatoms. The first-order valence-corrected chi connectivity index (χ1v) is 21.8. The molecule has 0 saturated carbocycles. The van der Waals surface area contributed by atoms with Crippen molar-refractivity contribution < 1.29 is 49.4 Å². The van der Waals surface area contributed by atoms with Crippen LogP contribution in [-0.4, -0.2) is 38.5 Å². The molecule has 0 radical (unpaired) electrons. The van der Waals surface area contributed by atoms with E-state index in [1.165, 1.54) is 55.6 Å². The van der Waals surface area contributed by atoms with Gasteiger partial charge in [0, 0.05) is 37.9 Å². The van der Waals surface area contributed by atoms with E-state index in [0.717, 1.165) is 27.1 Å². The Hall–Kier alpha value is -7.71. The van der Waals surface area contributed by atoms with Gasteiger partial charge in [-0.2, -0.15) is 36.5 Å². The zero-order valence-corrected chi connectivity index (χ0v) is 37.8. The van der Waals surface area contributed by atoms with Crippen LogP contribution in [0.2, 0.25) is 0 Å². The number of hydrogen-bond donors (Lipinski definition) is 4. The molecule has 0 spiro atoms. The van der Waals surface area contributed by atoms with Gasteiger partial charge in [-0.3, -0.25) is 9.59 Å². The zero-order valence-electron chi connectivity index (χ0n) is 37.0. The first kappa shape index (κ1) is 49.7. The Labute approximate surface area is 404 Å². The predicted octanol–water partition coefficient (Wildman–Crippen LogP) is 11.5. The van der Waals surface area contributed by atoms with E-state index >= 15 is 8.78 Å². The van der Waals surface area contributed by atoms with Crippen LogP contribution >= 0.6 is 11.6 Å². The normalized spacial score (nSPS) is 12.7. The zero-order chi connectivity index (χ0) is 50.8. The molecule has 2 aromatic heterocycles. The van der Waals surface area contributed by atoms with E-state index in [9.17, 15) is 35.9 Å². The van der Waals surface area contributed by atoms with Crippen molar-refractivity contribution in [1.82, 2.24) is 19.6 Å². The number of halogens is 9. The summed E-state index contributed by atoms with van der Waals surface area (Å²) in [5.74, 6) is -4.10. The molecule has 0 fully saturated rings. The molecule has 11 nitrogen and oxygen atoms in total. The van der Waals surface area contributed by atoms with Crippen LogP contribution in [0.4, 0.5) is 46.5 Å². The molecular formula is C51H39ClF8N8O3. The van der Waals surface area contributed by atoms with Crippen molar-refractivity contribution in [2.24, 2.45) is 11.5 Å². The monoisotopic (exact) mass is 998 g/mol. The molecule has 2 unspecified atom stereocenters. The fourth-order valence-corrected chi connectivity index (χ4v) is 8.06. The van der Waals surface area contributed by atoms with Crippen LogP contribution in [0, 0.1) is 11.6 Å². The molecule has 0 bridgehead atoms. The fourth-order valence-electron chi connectivity index (χ4n) is 7.79. The van der Waals surface area contributed by atoms with E-state index < -0.39 is 75.7 Å². The summed E-state index contributed by atoms with van der Waals surface area (Å²) in [5, 5.41) is 11.0. The highest BCUT2D eigenvalue weighted by atomic mass is 35.5. The van der Waals surface area contributed by atoms with Gasteiger partial charge in [-0.25, -0.2) is 18.1 Å². The van der Waals surface area contributed by atoms with Crippen molar-refractivity contribution in [3.63, 3.8) is 0 Å². The van der Waals surface area contributed by atoms with Crippen LogP contribution in [0.5, 0.6) is 0 Å². The van der Waals surface area contributed by atoms with E-state index in [2.05, 4.69) is 20.8 Å². The average Bonchev–Trinajstić information content (AvgIpc) is 4.03. The number of aromatic nitrogens is 4. The quantitative estimate of drug-likeness (QED) is 0.0624. The molecule has 6 N–H and O–H groups in total. The lowest BCUT2D eigenvalue weighted by molar-refractivity contribution is -0.142. The molecule has 6 aromatic carbocycles. The highest BCUT2D eigenvalue weighted by molar-refractivity contribution is 6.22. The molecule has 2 amide bonds. The fraction of sp³-hybridized carbons (Fsp3) is 0.137. The van der Waals surface area contributed by atoms with Gasteiger partial charge < -0.3 is 26.8 Å². The van der Waals surface area contributed by atoms with Crippen LogP contribution in [0.25, 0.3) is 22.5 Å². The molecule has 2 atom stereocenters. The summed E-state index contributed by atoms with van der Waals surface area (Å²) in [6.07, 6.45) is -10.6. The van der Waals surface area contributed by atoms with Gasteiger partial charge in [0.25, 0.3) is 11.8 Å². The summed E-state index contributed by atoms with van der Waals surface area (Å²) in [6, 6.07) is 34.6. The lowest BCUT2D eigenvalue weighted by Gasteiger charge is -2.18. The molecule has 0 saturated heterocycles. The Balaban J connectivity index is 1.08. The van der Waals surface area contributed by atoms with Crippen molar-refractivity contribution in [3.8, 4) is 22.5 Å². The Kier molecular flexibility index (Phi) is 14.2. The minimum absolute atomic E-state index is 0.0135. The third-order valence-corrected chi connectivity index (χ3v) is 11.8. The summed E-state index contributed by atoms with van der Waals surface area (Å²) in [5.41, 5.74) is 10.4. The summed E-state index contributed by atoms with van der Waals surface area (Å²) < 4.78 is 123. The second-order valence-electron chi connectivity index (χ2n) is 16.0. The average molecular weight is 999 g/mol. The number of anilines is 2. The smallest absolute Gasteiger partial charge is 0.372 e. The van der Waals surface area contributed by atoms with Gasteiger partial charge in [0.15, 0.2) is 11.4 Å². The van der Waals surface area contributed by atoms with Crippen molar-refractivity contribution in [3.05, 3.63) is 213 Å². The van der Waals surface area contributed by atoms with Crippen molar-refractivity contribution >= 4 is 34.8 Å². The first-order valence-electron chi connectivity index (χ1n) is 21.4. The number of nitrogens with zero attached hydrogens (tertiary/aromatic N) is 4. The molecule has 71 heavy (non-hydrogen) atoms. The molecule has 0 aliphatic carbocycles. The van der Waals surface area contributed by atoms with Gasteiger partial charge >= 0.3 is 12.4 Å². The third-order valence-electron chi connectivity index (χ3n) is 11.3. The number of nitrogens with one attached hydrogen (secondary N) is 2. The minimum Gasteiger partial charge on any atom is -0.372 e. The molecule has 8 rings (SSSR count). The number of carbonyl (C=O) groups excluding carboxylic acids is 2. The predicted molar refractivity (Wildman–Crippen MR) is 250 cm³/mol. The largest absolute Gasteiger partial charge is 0.435 e. The highest BCUT2D eigenvalue weighted by Gasteiger charge is 2.38. The number of benzene rings is 6. The second-order valence-corrected chi connectivity index (χ2v) is 16.4. The van der Waals surface area contributed by atoms with Crippen LogP contribution < -0.4 is 22.1 Å². The SMILES string of the molecule is COC(c1ccccc1)c1ccc(NC(=O)c2cc(C(F)(F)F)nn2-c2cc(CN)ccc2-c2cccc(C(Cl)c3ccc(NC(=O)c4cc(C(F)(F)F)nn4-c4cccc(CN)c4)c(F)c3)c2)c(F)c1. The summed E-state index contributed by atoms with van der Waals surface area (Å²) in [4.78, 5) is 27.4. The summed E-state index contributed by atoms with van der Waals surface area (Å²) >= 11 is 6.93. The van der Waals surface area contributed by atoms with Gasteiger partial charge in [0.05, 0.1) is 28.1 Å². The Morgan fingerprint density at radius 2 is 1.14 bits per heavy atom. The minimum atomic E-state index is -5.01. The van der Waals surface area contributed by atoms with Gasteiger partial charge in [-0.1, -0.05) is 84.9 Å². The second kappa shape index (κ2) is 20.3. The van der Waals surface area contributed by atoms with Crippen LogP contribution in [0.3, 0.4) is 0 Å². The van der Waals surface area contributed by atoms with E-state index in [-0.39, 0.29) is 41.3 Å². The molecule has 0 aliphatic heterocycles. The number of alkyl halides is 7. The van der Waals surface area contributed by atoms with Gasteiger partial charge in [-0.15, -0.1) is 11.6 Å². The number of amides is 2. The first-order chi connectivity index (χ1) is 33.9. The Morgan fingerprint density at radius 3 is 1.73 bits per heavy atom. The summed E-state index contributed by atoms with van der Waals surface area (Å²) in [6.45, 7) is -0.000474. The number of rotatable bonds is 14. The van der Waals surface area contributed by atoms with Crippen molar-refractivity contribution in [2.45, 2.75) is 36.9 Å². The topological polar surface area (TPSA) is 155 Å². The number of ether oxygens (including phenoxy) is 1. The molecule has 364 valence electrons. The standard InChI is InChI=1S/C51H39ClF8N8O3/c1-71-47(30-8-3-2-4-9-30)34-15-18-40(38(54)23-34)64-49(70)43-25-45(51(58,59)60)66-68(43)41-20-29(27-62)13-16-36(41)31-10-6-11-32(21-31)46(52)33-14-17-39(37(53)22-33)63-48(69)42-24-44(50(55,56)57)65-67(42)35-12-5-7-28(19-35)26-61/h2-25,46-47H,26-27,61-62H2,1H3,(H,63,69)(H,64,70). The van der Waals surface area contributed by atoms with Gasteiger partial charge in [-0.05, 0) is 87.5 Å². The van der Waals surface area contributed by atoms with E-state index in [1.807, 2.05) is 6.07 Å². The third kappa shape index (κ3) is 10.7. The van der Waals surface area contributed by atoms with Crippen LogP contribution in [0.15, 0.2) is 146 Å². The maximum absolute atomic E-state index is 15.8. The van der Waals surface area contributed by atoms with Crippen molar-refractivity contribution in [1.29, 1.82) is 0 Å². The van der Waals surface area contributed by atoms with E-state index in [4.69, 9.17) is 27.8 Å². The number of hydrogen-bond acceptors (Lipinski definition) is 7. The summed E-state index contributed by atoms with van der Waals surface area (Å²) in [7, 11) is 1.45.